The second kappa shape index (κ2) is 8.39. The van der Waals surface area contributed by atoms with E-state index in [4.69, 9.17) is 17.2 Å². The van der Waals surface area contributed by atoms with Crippen LogP contribution in [0.3, 0.4) is 0 Å². The topological polar surface area (TPSA) is 140 Å². The number of benzene rings is 1. The molecule has 0 bridgehead atoms. The number of carbonyl (C=O) groups is 1. The molecular formula is C27H34N8OS. The van der Waals surface area contributed by atoms with Gasteiger partial charge in [-0.25, -0.2) is 15.0 Å². The predicted molar refractivity (Wildman–Crippen MR) is 146 cm³/mol. The van der Waals surface area contributed by atoms with E-state index in [1.807, 2.05) is 0 Å². The standard InChI is InChI=1S/C27H34N8OS/c1-15-4-5-16-11-27(21(28)17(16)10-15)6-8-34(9-7-27)19-12-31-20(23(29)32-19)24(36)35-13-18-22(26(2,3)14-35)33-25(30)37-18/h4-5,10,12,21H,6-9,11,13-14,28H2,1-3H3,(H2,29,32)(H2,30,33)/t21-/m1/s1. The summed E-state index contributed by atoms with van der Waals surface area (Å²) in [7, 11) is 0. The van der Waals surface area contributed by atoms with Gasteiger partial charge >= 0.3 is 0 Å². The maximum Gasteiger partial charge on any atom is 0.276 e. The molecule has 194 valence electrons. The molecule has 0 radical (unpaired) electrons. The molecule has 0 unspecified atom stereocenters. The van der Waals surface area contributed by atoms with Gasteiger partial charge in [-0.15, -0.1) is 11.3 Å². The van der Waals surface area contributed by atoms with E-state index in [9.17, 15) is 4.79 Å². The normalized spacial score (nSPS) is 21.7. The Labute approximate surface area is 221 Å². The number of aryl methyl sites for hydroxylation is 1. The van der Waals surface area contributed by atoms with Crippen molar-refractivity contribution in [2.45, 2.75) is 58.0 Å². The number of thiazole rings is 1. The number of nitrogens with zero attached hydrogens (tertiary/aromatic N) is 5. The molecule has 6 rings (SSSR count). The van der Waals surface area contributed by atoms with Crippen LogP contribution in [0.5, 0.6) is 0 Å². The highest BCUT2D eigenvalue weighted by atomic mass is 32.1. The van der Waals surface area contributed by atoms with E-state index < -0.39 is 0 Å². The molecule has 3 aliphatic rings. The number of piperidine rings is 1. The van der Waals surface area contributed by atoms with Gasteiger partial charge in [0.15, 0.2) is 16.6 Å². The number of nitrogens with two attached hydrogens (primary N) is 3. The lowest BCUT2D eigenvalue weighted by atomic mass is 9.73. The van der Waals surface area contributed by atoms with Crippen LogP contribution in [0.25, 0.3) is 0 Å². The summed E-state index contributed by atoms with van der Waals surface area (Å²) in [6, 6.07) is 6.72. The van der Waals surface area contributed by atoms with Crippen LogP contribution < -0.4 is 22.1 Å². The highest BCUT2D eigenvalue weighted by Crippen LogP contribution is 2.51. The minimum atomic E-state index is -0.303. The van der Waals surface area contributed by atoms with Crippen LogP contribution in [0.1, 0.15) is 70.5 Å². The van der Waals surface area contributed by atoms with E-state index in [0.717, 1.165) is 42.9 Å². The summed E-state index contributed by atoms with van der Waals surface area (Å²) < 4.78 is 0. The van der Waals surface area contributed by atoms with Crippen LogP contribution in [-0.2, 0) is 18.4 Å². The van der Waals surface area contributed by atoms with Crippen molar-refractivity contribution in [1.82, 2.24) is 19.9 Å². The number of fused-ring (bicyclic) bond motifs is 2. The Hall–Kier alpha value is -3.24. The number of anilines is 3. The molecule has 2 aromatic heterocycles. The van der Waals surface area contributed by atoms with Crippen molar-refractivity contribution in [3.05, 3.63) is 57.4 Å². The van der Waals surface area contributed by atoms with Crippen molar-refractivity contribution in [1.29, 1.82) is 0 Å². The Morgan fingerprint density at radius 2 is 1.92 bits per heavy atom. The number of aromatic nitrogens is 3. The van der Waals surface area contributed by atoms with Crippen molar-refractivity contribution >= 4 is 34.0 Å². The number of carbonyl (C=O) groups excluding carboxylic acids is 1. The van der Waals surface area contributed by atoms with Gasteiger partial charge in [-0.2, -0.15) is 0 Å². The van der Waals surface area contributed by atoms with Gasteiger partial charge in [-0.05, 0) is 42.7 Å². The Morgan fingerprint density at radius 3 is 2.65 bits per heavy atom. The number of hydrogen-bond donors (Lipinski definition) is 3. The molecular weight excluding hydrogens is 484 g/mol. The van der Waals surface area contributed by atoms with E-state index >= 15 is 0 Å². The van der Waals surface area contributed by atoms with Gasteiger partial charge in [0.1, 0.15) is 5.82 Å². The zero-order valence-electron chi connectivity index (χ0n) is 21.6. The van der Waals surface area contributed by atoms with Gasteiger partial charge in [0, 0.05) is 36.0 Å². The van der Waals surface area contributed by atoms with E-state index in [1.165, 1.54) is 28.0 Å². The zero-order valence-corrected chi connectivity index (χ0v) is 22.4. The quantitative estimate of drug-likeness (QED) is 0.470. The molecule has 1 saturated heterocycles. The summed E-state index contributed by atoms with van der Waals surface area (Å²) in [6.45, 7) is 8.89. The molecule has 1 spiro atoms. The molecule has 1 aromatic carbocycles. The largest absolute Gasteiger partial charge is 0.382 e. The van der Waals surface area contributed by atoms with Crippen molar-refractivity contribution < 1.29 is 4.79 Å². The third-order valence-corrected chi connectivity index (χ3v) is 9.34. The zero-order chi connectivity index (χ0) is 26.1. The summed E-state index contributed by atoms with van der Waals surface area (Å²) in [5.74, 6) is 0.654. The molecule has 0 saturated carbocycles. The van der Waals surface area contributed by atoms with Crippen molar-refractivity contribution in [2.24, 2.45) is 11.1 Å². The maximum atomic E-state index is 13.4. The van der Waals surface area contributed by atoms with Crippen LogP contribution in [0.15, 0.2) is 24.4 Å². The smallest absolute Gasteiger partial charge is 0.276 e. The molecule has 1 aliphatic carbocycles. The Bertz CT molecular complexity index is 1390. The third kappa shape index (κ3) is 3.93. The van der Waals surface area contributed by atoms with E-state index in [-0.39, 0.29) is 34.3 Å². The number of nitrogen functional groups attached to an aromatic ring is 2. The first kappa shape index (κ1) is 24.1. The fraction of sp³-hybridized carbons (Fsp3) is 0.481. The average molecular weight is 519 g/mol. The van der Waals surface area contributed by atoms with E-state index in [2.05, 4.69) is 58.8 Å². The Balaban J connectivity index is 1.16. The van der Waals surface area contributed by atoms with Crippen LogP contribution in [0.2, 0.25) is 0 Å². The molecule has 37 heavy (non-hydrogen) atoms. The number of amides is 1. The minimum absolute atomic E-state index is 0.0592. The van der Waals surface area contributed by atoms with E-state index in [1.54, 1.807) is 11.1 Å². The second-order valence-electron chi connectivity index (χ2n) is 11.5. The minimum Gasteiger partial charge on any atom is -0.382 e. The lowest BCUT2D eigenvalue weighted by Gasteiger charge is -2.42. The monoisotopic (exact) mass is 518 g/mol. The first-order valence-corrected chi connectivity index (χ1v) is 13.7. The van der Waals surface area contributed by atoms with Crippen LogP contribution >= 0.6 is 11.3 Å². The average Bonchev–Trinajstić information content (AvgIpc) is 3.36. The van der Waals surface area contributed by atoms with Gasteiger partial charge in [-0.1, -0.05) is 37.6 Å². The molecule has 6 N–H and O–H groups in total. The van der Waals surface area contributed by atoms with Crippen molar-refractivity contribution in [3.8, 4) is 0 Å². The summed E-state index contributed by atoms with van der Waals surface area (Å²) in [6.07, 6.45) is 4.67. The van der Waals surface area contributed by atoms with Gasteiger partial charge < -0.3 is 27.0 Å². The van der Waals surface area contributed by atoms with E-state index in [0.29, 0.717) is 24.0 Å². The Kier molecular flexibility index (Phi) is 5.47. The summed E-state index contributed by atoms with van der Waals surface area (Å²) >= 11 is 1.43. The number of hydrogen-bond acceptors (Lipinski definition) is 9. The molecule has 1 atom stereocenters. The van der Waals surface area contributed by atoms with Crippen LogP contribution in [0.4, 0.5) is 16.8 Å². The van der Waals surface area contributed by atoms with Crippen molar-refractivity contribution in [3.63, 3.8) is 0 Å². The predicted octanol–water partition coefficient (Wildman–Crippen LogP) is 3.18. The summed E-state index contributed by atoms with van der Waals surface area (Å²) in [5, 5.41) is 0.525. The van der Waals surface area contributed by atoms with Gasteiger partial charge in [0.25, 0.3) is 5.91 Å². The molecule has 10 heteroatoms. The lowest BCUT2D eigenvalue weighted by molar-refractivity contribution is 0.0682. The lowest BCUT2D eigenvalue weighted by Crippen LogP contribution is -2.45. The third-order valence-electron chi connectivity index (χ3n) is 8.47. The second-order valence-corrected chi connectivity index (χ2v) is 12.7. The van der Waals surface area contributed by atoms with Gasteiger partial charge in [0.05, 0.1) is 18.4 Å². The highest BCUT2D eigenvalue weighted by molar-refractivity contribution is 7.15. The highest BCUT2D eigenvalue weighted by Gasteiger charge is 2.46. The molecule has 9 nitrogen and oxygen atoms in total. The fourth-order valence-corrected chi connectivity index (χ4v) is 7.47. The van der Waals surface area contributed by atoms with Gasteiger partial charge in [-0.3, -0.25) is 4.79 Å². The maximum absolute atomic E-state index is 13.4. The SMILES string of the molecule is Cc1ccc2c(c1)[C@@H](N)C1(CCN(c3cnc(C(=O)N4Cc5sc(N)nc5C(C)(C)C4)c(N)n3)CC1)C2. The fourth-order valence-electron chi connectivity index (χ4n) is 6.44. The van der Waals surface area contributed by atoms with Crippen molar-refractivity contribution in [2.75, 3.05) is 36.0 Å². The molecule has 1 amide bonds. The Morgan fingerprint density at radius 1 is 1.16 bits per heavy atom. The van der Waals surface area contributed by atoms with Gasteiger partial charge in [0.2, 0.25) is 0 Å². The molecule has 4 heterocycles. The molecule has 1 fully saturated rings. The van der Waals surface area contributed by atoms with Crippen LogP contribution in [-0.4, -0.2) is 45.4 Å². The number of rotatable bonds is 2. The first-order valence-electron chi connectivity index (χ1n) is 12.8. The van der Waals surface area contributed by atoms with Crippen LogP contribution in [0, 0.1) is 12.3 Å². The molecule has 2 aliphatic heterocycles. The summed E-state index contributed by atoms with van der Waals surface area (Å²) in [4.78, 5) is 32.0. The first-order chi connectivity index (χ1) is 17.6. The molecule has 3 aromatic rings. The summed E-state index contributed by atoms with van der Waals surface area (Å²) in [5.41, 5.74) is 23.9.